The van der Waals surface area contributed by atoms with Crippen LogP contribution in [0, 0.1) is 0 Å². The van der Waals surface area contributed by atoms with Crippen LogP contribution in [0.4, 0.5) is 16.2 Å². The first kappa shape index (κ1) is 20.7. The van der Waals surface area contributed by atoms with Gasteiger partial charge in [-0.1, -0.05) is 25.0 Å². The number of urea groups is 1. The fraction of sp³-hybridized carbons (Fsp3) is 0.423. The van der Waals surface area contributed by atoms with Crippen molar-refractivity contribution in [3.8, 4) is 17.0 Å². The summed E-state index contributed by atoms with van der Waals surface area (Å²) >= 11 is 0. The van der Waals surface area contributed by atoms with E-state index in [-0.39, 0.29) is 6.03 Å². The number of hydrogen-bond donors (Lipinski definition) is 3. The zero-order valence-electron chi connectivity index (χ0n) is 18.7. The fourth-order valence-corrected chi connectivity index (χ4v) is 5.03. The van der Waals surface area contributed by atoms with Crippen LogP contribution in [0.3, 0.4) is 0 Å². The van der Waals surface area contributed by atoms with Crippen molar-refractivity contribution in [3.63, 3.8) is 0 Å². The number of carbonyl (C=O) groups excluding carboxylic acids is 1. The molecule has 0 saturated heterocycles. The number of benzene rings is 2. The summed E-state index contributed by atoms with van der Waals surface area (Å²) < 4.78 is 8.15. The van der Waals surface area contributed by atoms with Crippen LogP contribution in [0.2, 0.25) is 0 Å². The molecule has 0 spiro atoms. The first-order valence-corrected chi connectivity index (χ1v) is 11.9. The van der Waals surface area contributed by atoms with E-state index in [1.54, 1.807) is 0 Å². The lowest BCUT2D eigenvalue weighted by Gasteiger charge is -2.30. The largest absolute Gasteiger partial charge is 0.494 e. The highest BCUT2D eigenvalue weighted by atomic mass is 16.5. The van der Waals surface area contributed by atoms with Crippen LogP contribution in [0.15, 0.2) is 42.5 Å². The third kappa shape index (κ3) is 3.90. The molecule has 0 radical (unpaired) electrons. The van der Waals surface area contributed by atoms with Crippen molar-refractivity contribution in [2.75, 3.05) is 17.7 Å². The molecule has 2 aromatic carbocycles. The number of nitrogen functional groups attached to an aromatic ring is 1. The number of nitrogens with zero attached hydrogens (tertiary/aromatic N) is 1. The number of aromatic nitrogens is 1. The molecule has 6 nitrogen and oxygen atoms in total. The minimum absolute atomic E-state index is 0.129. The van der Waals surface area contributed by atoms with E-state index < -0.39 is 0 Å². The lowest BCUT2D eigenvalue weighted by atomic mass is 9.92. The lowest BCUT2D eigenvalue weighted by Crippen LogP contribution is -2.36. The van der Waals surface area contributed by atoms with E-state index in [9.17, 15) is 4.79 Å². The van der Waals surface area contributed by atoms with E-state index >= 15 is 0 Å². The maximum atomic E-state index is 12.3. The van der Waals surface area contributed by atoms with Crippen LogP contribution >= 0.6 is 0 Å². The highest BCUT2D eigenvalue weighted by Gasteiger charge is 2.27. The third-order valence-electron chi connectivity index (χ3n) is 6.87. The summed E-state index contributed by atoms with van der Waals surface area (Å²) in [5, 5.41) is 7.10. The Kier molecular flexibility index (Phi) is 5.68. The summed E-state index contributed by atoms with van der Waals surface area (Å²) in [6.07, 6.45) is 8.11. The molecule has 2 fully saturated rings. The topological polar surface area (TPSA) is 81.3 Å². The first-order valence-electron chi connectivity index (χ1n) is 11.9. The normalized spacial score (nSPS) is 16.8. The van der Waals surface area contributed by atoms with Crippen LogP contribution in [0.25, 0.3) is 22.2 Å². The quantitative estimate of drug-likeness (QED) is 0.442. The van der Waals surface area contributed by atoms with E-state index in [1.807, 2.05) is 37.3 Å². The number of hydrogen-bond acceptors (Lipinski definition) is 3. The predicted octanol–water partition coefficient (Wildman–Crippen LogP) is 6.08. The minimum Gasteiger partial charge on any atom is -0.494 e. The Hall–Kier alpha value is -3.15. The Bertz CT molecular complexity index is 1110. The predicted molar refractivity (Wildman–Crippen MR) is 130 cm³/mol. The van der Waals surface area contributed by atoms with Gasteiger partial charge in [0.2, 0.25) is 0 Å². The molecule has 2 saturated carbocycles. The van der Waals surface area contributed by atoms with Crippen molar-refractivity contribution in [3.05, 3.63) is 42.5 Å². The summed E-state index contributed by atoms with van der Waals surface area (Å²) in [5.74, 6) is 0.873. The van der Waals surface area contributed by atoms with Gasteiger partial charge in [-0.05, 0) is 63.3 Å². The van der Waals surface area contributed by atoms with Gasteiger partial charge < -0.3 is 25.7 Å². The highest BCUT2D eigenvalue weighted by Crippen LogP contribution is 2.44. The zero-order valence-corrected chi connectivity index (χ0v) is 18.7. The smallest absolute Gasteiger partial charge is 0.319 e. The van der Waals surface area contributed by atoms with Crippen molar-refractivity contribution < 1.29 is 9.53 Å². The number of rotatable bonds is 6. The van der Waals surface area contributed by atoms with Crippen molar-refractivity contribution >= 4 is 28.3 Å². The summed E-state index contributed by atoms with van der Waals surface area (Å²) in [6.45, 7) is 2.64. The fourth-order valence-electron chi connectivity index (χ4n) is 5.03. The molecule has 0 atom stereocenters. The van der Waals surface area contributed by atoms with Gasteiger partial charge >= 0.3 is 6.03 Å². The maximum Gasteiger partial charge on any atom is 0.319 e. The minimum atomic E-state index is -0.129. The molecule has 2 aliphatic carbocycles. The standard InChI is InChI=1S/C26H32N4O2/c1-2-32-21-14-15-22-23(16-21)30(20-8-5-9-20)25(24(22)27)17-10-12-19(13-11-17)29-26(31)28-18-6-3-4-7-18/h10-16,18,20H,2-9,27H2,1H3,(H2,28,29,31). The number of ether oxygens (including phenoxy) is 1. The molecule has 5 rings (SSSR count). The Labute approximate surface area is 189 Å². The molecular formula is C26H32N4O2. The van der Waals surface area contributed by atoms with Crippen LogP contribution in [0.1, 0.15) is 57.9 Å². The van der Waals surface area contributed by atoms with Gasteiger partial charge in [-0.15, -0.1) is 0 Å². The first-order chi connectivity index (χ1) is 15.6. The summed E-state index contributed by atoms with van der Waals surface area (Å²) in [7, 11) is 0. The van der Waals surface area contributed by atoms with Crippen LogP contribution < -0.4 is 21.1 Å². The van der Waals surface area contributed by atoms with Gasteiger partial charge in [-0.3, -0.25) is 0 Å². The SMILES string of the molecule is CCOc1ccc2c(N)c(-c3ccc(NC(=O)NC4CCCC4)cc3)n(C3CCC3)c2c1. The number of nitrogens with two attached hydrogens (primary N) is 1. The van der Waals surface area contributed by atoms with Crippen molar-refractivity contribution in [2.24, 2.45) is 0 Å². The monoisotopic (exact) mass is 432 g/mol. The number of nitrogens with one attached hydrogen (secondary N) is 2. The second kappa shape index (κ2) is 8.77. The van der Waals surface area contributed by atoms with Gasteiger partial charge in [0.1, 0.15) is 5.75 Å². The maximum absolute atomic E-state index is 12.3. The Balaban J connectivity index is 1.44. The molecule has 0 aliphatic heterocycles. The van der Waals surface area contributed by atoms with E-state index in [2.05, 4.69) is 27.3 Å². The molecule has 3 aromatic rings. The second-order valence-corrected chi connectivity index (χ2v) is 8.99. The molecule has 168 valence electrons. The van der Waals surface area contributed by atoms with Gasteiger partial charge in [0.05, 0.1) is 23.5 Å². The second-order valence-electron chi connectivity index (χ2n) is 8.99. The molecule has 0 bridgehead atoms. The molecule has 4 N–H and O–H groups in total. The van der Waals surface area contributed by atoms with Crippen LogP contribution in [-0.4, -0.2) is 23.2 Å². The van der Waals surface area contributed by atoms with Gasteiger partial charge in [-0.25, -0.2) is 4.79 Å². The average molecular weight is 433 g/mol. The van der Waals surface area contributed by atoms with Crippen molar-refractivity contribution in [1.82, 2.24) is 9.88 Å². The van der Waals surface area contributed by atoms with Crippen LogP contribution in [-0.2, 0) is 0 Å². The molecule has 1 aromatic heterocycles. The molecular weight excluding hydrogens is 400 g/mol. The van der Waals surface area contributed by atoms with E-state index in [1.165, 1.54) is 19.3 Å². The Morgan fingerprint density at radius 3 is 2.47 bits per heavy atom. The zero-order chi connectivity index (χ0) is 22.1. The van der Waals surface area contributed by atoms with Crippen LogP contribution in [0.5, 0.6) is 5.75 Å². The van der Waals surface area contributed by atoms with Gasteiger partial charge in [0, 0.05) is 34.8 Å². The van der Waals surface area contributed by atoms with E-state index in [4.69, 9.17) is 10.5 Å². The number of carbonyl (C=O) groups is 1. The van der Waals surface area contributed by atoms with Gasteiger partial charge in [0.25, 0.3) is 0 Å². The molecule has 1 heterocycles. The Morgan fingerprint density at radius 2 is 1.81 bits per heavy atom. The molecule has 32 heavy (non-hydrogen) atoms. The summed E-state index contributed by atoms with van der Waals surface area (Å²) in [5.41, 5.74) is 11.5. The van der Waals surface area contributed by atoms with Gasteiger partial charge in [-0.2, -0.15) is 0 Å². The molecule has 6 heteroatoms. The number of amides is 2. The number of fused-ring (bicyclic) bond motifs is 1. The summed E-state index contributed by atoms with van der Waals surface area (Å²) in [4.78, 5) is 12.3. The Morgan fingerprint density at radius 1 is 1.06 bits per heavy atom. The van der Waals surface area contributed by atoms with Crippen molar-refractivity contribution in [2.45, 2.75) is 64.0 Å². The number of anilines is 2. The third-order valence-corrected chi connectivity index (χ3v) is 6.87. The average Bonchev–Trinajstić information content (AvgIpc) is 3.35. The molecule has 2 aliphatic rings. The molecule has 0 unspecified atom stereocenters. The molecule has 2 amide bonds. The van der Waals surface area contributed by atoms with E-state index in [0.717, 1.165) is 65.0 Å². The van der Waals surface area contributed by atoms with Crippen molar-refractivity contribution in [1.29, 1.82) is 0 Å². The summed E-state index contributed by atoms with van der Waals surface area (Å²) in [6, 6.07) is 14.8. The van der Waals surface area contributed by atoms with Gasteiger partial charge in [0.15, 0.2) is 0 Å². The van der Waals surface area contributed by atoms with E-state index in [0.29, 0.717) is 18.7 Å². The lowest BCUT2D eigenvalue weighted by molar-refractivity contribution is 0.248. The highest BCUT2D eigenvalue weighted by molar-refractivity contribution is 6.02.